The molecule has 24 heavy (non-hydrogen) atoms. The van der Waals surface area contributed by atoms with Crippen molar-refractivity contribution >= 4 is 28.1 Å². The maximum atomic E-state index is 11.0. The molecule has 8 heteroatoms. The third-order valence-corrected chi connectivity index (χ3v) is 4.22. The van der Waals surface area contributed by atoms with Crippen molar-refractivity contribution in [2.24, 2.45) is 0 Å². The summed E-state index contributed by atoms with van der Waals surface area (Å²) in [6.45, 7) is 0.767. The number of benzene rings is 1. The number of thiazole rings is 1. The van der Waals surface area contributed by atoms with Crippen molar-refractivity contribution in [2.75, 3.05) is 19.0 Å². The number of methoxy groups -OCH3 is 1. The van der Waals surface area contributed by atoms with E-state index in [0.29, 0.717) is 6.42 Å². The summed E-state index contributed by atoms with van der Waals surface area (Å²) in [6, 6.07) is 6.44. The first-order valence-corrected chi connectivity index (χ1v) is 8.49. The molecule has 0 saturated carbocycles. The molecule has 1 N–H and O–H groups in total. The summed E-state index contributed by atoms with van der Waals surface area (Å²) in [5.74, 6) is -0.176. The van der Waals surface area contributed by atoms with E-state index in [2.05, 4.69) is 15.0 Å². The van der Waals surface area contributed by atoms with Gasteiger partial charge in [0.15, 0.2) is 5.13 Å². The highest BCUT2D eigenvalue weighted by Gasteiger charge is 2.09. The lowest BCUT2D eigenvalue weighted by molar-refractivity contribution is -0.384. The number of non-ortho nitro benzene ring substituents is 1. The predicted octanol–water partition coefficient (Wildman–Crippen LogP) is 3.86. The summed E-state index contributed by atoms with van der Waals surface area (Å²) in [4.78, 5) is 25.8. The van der Waals surface area contributed by atoms with Gasteiger partial charge >= 0.3 is 5.97 Å². The molecule has 1 heterocycles. The number of hydrogen-bond donors (Lipinski definition) is 1. The molecule has 0 aliphatic carbocycles. The summed E-state index contributed by atoms with van der Waals surface area (Å²) >= 11 is 1.46. The van der Waals surface area contributed by atoms with E-state index in [1.165, 1.54) is 30.6 Å². The fraction of sp³-hybridized carbons (Fsp3) is 0.375. The summed E-state index contributed by atoms with van der Waals surface area (Å²) in [5.41, 5.74) is 1.50. The smallest absolute Gasteiger partial charge is 0.305 e. The normalized spacial score (nSPS) is 10.4. The molecule has 2 rings (SSSR count). The van der Waals surface area contributed by atoms with Gasteiger partial charge in [-0.05, 0) is 12.8 Å². The number of carbonyl (C=O) groups is 1. The minimum absolute atomic E-state index is 0.0561. The lowest BCUT2D eigenvalue weighted by Gasteiger charge is -2.02. The van der Waals surface area contributed by atoms with Crippen LogP contribution in [0.15, 0.2) is 29.6 Å². The Morgan fingerprint density at radius 2 is 2.21 bits per heavy atom. The van der Waals surface area contributed by atoms with E-state index >= 15 is 0 Å². The van der Waals surface area contributed by atoms with Crippen LogP contribution in [0.3, 0.4) is 0 Å². The molecule has 2 aromatic rings. The molecule has 0 aliphatic heterocycles. The molecule has 0 amide bonds. The van der Waals surface area contributed by atoms with Gasteiger partial charge in [-0.15, -0.1) is 11.3 Å². The Morgan fingerprint density at radius 3 is 2.96 bits per heavy atom. The average molecular weight is 349 g/mol. The summed E-state index contributed by atoms with van der Waals surface area (Å²) in [5, 5.41) is 16.7. The van der Waals surface area contributed by atoms with Crippen LogP contribution in [0.4, 0.5) is 10.8 Å². The number of rotatable bonds is 9. The average Bonchev–Trinajstić information content (AvgIpc) is 3.06. The molecule has 0 unspecified atom stereocenters. The molecule has 0 bridgehead atoms. The molecule has 0 fully saturated rings. The number of nitrogens with one attached hydrogen (secondary N) is 1. The van der Waals surface area contributed by atoms with Crippen molar-refractivity contribution in [3.05, 3.63) is 39.8 Å². The first-order valence-electron chi connectivity index (χ1n) is 7.61. The fourth-order valence-electron chi connectivity index (χ4n) is 2.13. The van der Waals surface area contributed by atoms with Crippen LogP contribution < -0.4 is 5.32 Å². The van der Waals surface area contributed by atoms with Crippen LogP contribution in [-0.2, 0) is 9.53 Å². The zero-order chi connectivity index (χ0) is 17.4. The number of nitrogens with zero attached hydrogens (tertiary/aromatic N) is 2. The highest BCUT2D eigenvalue weighted by molar-refractivity contribution is 7.14. The van der Waals surface area contributed by atoms with Gasteiger partial charge in [0.1, 0.15) is 0 Å². The molecule has 1 aromatic carbocycles. The highest BCUT2D eigenvalue weighted by Crippen LogP contribution is 2.27. The number of ether oxygens (including phenoxy) is 1. The lowest BCUT2D eigenvalue weighted by atomic mass is 10.1. The number of nitro groups is 1. The molecule has 0 saturated heterocycles. The minimum atomic E-state index is -0.413. The summed E-state index contributed by atoms with van der Waals surface area (Å²) in [6.07, 6.45) is 3.13. The Labute approximate surface area is 143 Å². The number of hydrogen-bond acceptors (Lipinski definition) is 7. The van der Waals surface area contributed by atoms with Crippen molar-refractivity contribution in [3.8, 4) is 11.3 Å². The van der Waals surface area contributed by atoms with Gasteiger partial charge in [0, 0.05) is 36.0 Å². The second kappa shape index (κ2) is 8.97. The van der Waals surface area contributed by atoms with E-state index in [0.717, 1.165) is 42.2 Å². The lowest BCUT2D eigenvalue weighted by Crippen LogP contribution is -2.03. The third-order valence-electron chi connectivity index (χ3n) is 3.42. The molecule has 1 aromatic heterocycles. The van der Waals surface area contributed by atoms with E-state index in [1.807, 2.05) is 5.38 Å². The van der Waals surface area contributed by atoms with Crippen LogP contribution in [0, 0.1) is 10.1 Å². The van der Waals surface area contributed by atoms with Crippen molar-refractivity contribution in [2.45, 2.75) is 25.7 Å². The first kappa shape index (κ1) is 17.9. The number of esters is 1. The van der Waals surface area contributed by atoms with Gasteiger partial charge < -0.3 is 10.1 Å². The Bertz CT molecular complexity index is 702. The number of anilines is 1. The highest BCUT2D eigenvalue weighted by atomic mass is 32.1. The minimum Gasteiger partial charge on any atom is -0.469 e. The third kappa shape index (κ3) is 5.31. The van der Waals surface area contributed by atoms with E-state index in [1.54, 1.807) is 12.1 Å². The van der Waals surface area contributed by atoms with Gasteiger partial charge in [-0.1, -0.05) is 18.6 Å². The van der Waals surface area contributed by atoms with E-state index in [-0.39, 0.29) is 11.7 Å². The van der Waals surface area contributed by atoms with Crippen molar-refractivity contribution < 1.29 is 14.5 Å². The molecular formula is C16H19N3O4S. The van der Waals surface area contributed by atoms with Crippen molar-refractivity contribution in [1.82, 2.24) is 4.98 Å². The molecule has 0 radical (unpaired) electrons. The first-order chi connectivity index (χ1) is 11.6. The fourth-order valence-corrected chi connectivity index (χ4v) is 2.88. The van der Waals surface area contributed by atoms with E-state index < -0.39 is 4.92 Å². The number of unbranched alkanes of at least 4 members (excludes halogenated alkanes) is 2. The van der Waals surface area contributed by atoms with Crippen LogP contribution >= 0.6 is 11.3 Å². The number of carbonyl (C=O) groups excluding carboxylic acids is 1. The van der Waals surface area contributed by atoms with Crippen molar-refractivity contribution in [3.63, 3.8) is 0 Å². The second-order valence-corrected chi connectivity index (χ2v) is 6.02. The van der Waals surface area contributed by atoms with Gasteiger partial charge in [-0.25, -0.2) is 4.98 Å². The molecule has 0 atom stereocenters. The van der Waals surface area contributed by atoms with Crippen LogP contribution in [0.1, 0.15) is 25.7 Å². The van der Waals surface area contributed by atoms with Crippen LogP contribution in [0.2, 0.25) is 0 Å². The molecule has 0 spiro atoms. The van der Waals surface area contributed by atoms with Gasteiger partial charge in [0.25, 0.3) is 5.69 Å². The van der Waals surface area contributed by atoms with Gasteiger partial charge in [0.05, 0.1) is 17.7 Å². The summed E-state index contributed by atoms with van der Waals surface area (Å²) in [7, 11) is 1.39. The van der Waals surface area contributed by atoms with Crippen LogP contribution in [0.25, 0.3) is 11.3 Å². The standard InChI is InChI=1S/C16H19N3O4S/c1-23-15(20)8-3-2-4-9-17-16-18-14(11-24-16)12-6-5-7-13(10-12)19(21)22/h5-7,10-11H,2-4,8-9H2,1H3,(H,17,18). The van der Waals surface area contributed by atoms with E-state index in [9.17, 15) is 14.9 Å². The molecule has 7 nitrogen and oxygen atoms in total. The Hall–Kier alpha value is -2.48. The largest absolute Gasteiger partial charge is 0.469 e. The monoisotopic (exact) mass is 349 g/mol. The zero-order valence-corrected chi connectivity index (χ0v) is 14.2. The quantitative estimate of drug-likeness (QED) is 0.320. The SMILES string of the molecule is COC(=O)CCCCCNc1nc(-c2cccc([N+](=O)[O-])c2)cs1. The number of nitro benzene ring substituents is 1. The summed E-state index contributed by atoms with van der Waals surface area (Å²) < 4.78 is 4.59. The second-order valence-electron chi connectivity index (χ2n) is 5.16. The Morgan fingerprint density at radius 1 is 1.38 bits per heavy atom. The Balaban J connectivity index is 1.80. The maximum absolute atomic E-state index is 11.0. The van der Waals surface area contributed by atoms with Gasteiger partial charge in [0.2, 0.25) is 0 Å². The van der Waals surface area contributed by atoms with E-state index in [4.69, 9.17) is 0 Å². The molecule has 0 aliphatic rings. The van der Waals surface area contributed by atoms with Gasteiger partial charge in [-0.3, -0.25) is 14.9 Å². The Kier molecular flexibility index (Phi) is 6.68. The van der Waals surface area contributed by atoms with Crippen LogP contribution in [0.5, 0.6) is 0 Å². The molecule has 128 valence electrons. The molecular weight excluding hydrogens is 330 g/mol. The van der Waals surface area contributed by atoms with Crippen LogP contribution in [-0.4, -0.2) is 29.5 Å². The predicted molar refractivity (Wildman–Crippen MR) is 93.2 cm³/mol. The van der Waals surface area contributed by atoms with Crippen molar-refractivity contribution in [1.29, 1.82) is 0 Å². The maximum Gasteiger partial charge on any atom is 0.305 e. The number of aromatic nitrogens is 1. The zero-order valence-electron chi connectivity index (χ0n) is 13.4. The van der Waals surface area contributed by atoms with Gasteiger partial charge in [-0.2, -0.15) is 0 Å². The topological polar surface area (TPSA) is 94.4 Å².